The molecule has 5 fully saturated rings. The number of ether oxygens (including phenoxy) is 6. The summed E-state index contributed by atoms with van der Waals surface area (Å²) in [6.45, 7) is 5.55. The van der Waals surface area contributed by atoms with Gasteiger partial charge in [0.15, 0.2) is 29.5 Å². The van der Waals surface area contributed by atoms with Crippen LogP contribution in [0.2, 0.25) is 15.1 Å². The van der Waals surface area contributed by atoms with E-state index < -0.39 is 53.0 Å². The second-order valence-corrected chi connectivity index (χ2v) is 22.7. The Bertz CT molecular complexity index is 2660. The quantitative estimate of drug-likeness (QED) is 0.0502. The standard InChI is InChI=1S/C21H26ClNO6.C15H17Cl2NO3.C13H16ClNO.C6H10O3.C2H2Cl2O2.ClH/c1-20(12-27-13-20)11-18(25)28-14-29-19(26)23(2)21(10-6-5-9-17(21)24)15-7-3-4-8-16(15)22;1-18(14(20)21-10-16)15(9-5-4-8-13(15)19)11-6-2-3-7-12(11)17;1-15-13(9-5-4-8-12(13)16)10-6-2-3-7-11(10)14;1-6(2-5(7)8)3-9-4-6;3-1-6-2(4)5;/h3-4,7-8H,5-6,9-14H2,1-2H3;2-3,6-7H,4-5,8-10H2,1H3;2-3,6-7,15H,4-5,8-9H2,1H3;2-4H2,1H3,(H,7,8);1H2;1H/t21-;15-;13-;;;/m000.../s1. The minimum atomic E-state index is -1.19. The number of esters is 1. The molecule has 5 aliphatic rings. The molecule has 2 N–H and O–H groups in total. The van der Waals surface area contributed by atoms with Gasteiger partial charge in [-0.1, -0.05) is 133 Å². The Labute approximate surface area is 515 Å². The van der Waals surface area contributed by atoms with Crippen molar-refractivity contribution in [3.63, 3.8) is 0 Å². The number of carboxylic acids is 1. The maximum absolute atomic E-state index is 13.0. The number of amides is 2. The van der Waals surface area contributed by atoms with Crippen LogP contribution in [0.5, 0.6) is 0 Å². The molecule has 3 saturated carbocycles. The maximum Gasteiger partial charge on any atom is 0.413 e. The number of alkyl halides is 2. The van der Waals surface area contributed by atoms with Gasteiger partial charge in [-0.25, -0.2) is 14.4 Å². The van der Waals surface area contributed by atoms with Crippen molar-refractivity contribution < 1.29 is 71.9 Å². The first kappa shape index (κ1) is 71.8. The molecule has 3 aromatic rings. The fraction of sp³-hybridized carbons (Fsp3) is 0.544. The molecule has 0 unspecified atom stereocenters. The number of aliphatic carboxylic acids is 1. The van der Waals surface area contributed by atoms with E-state index in [1.165, 1.54) is 16.8 Å². The second kappa shape index (κ2) is 33.9. The summed E-state index contributed by atoms with van der Waals surface area (Å²) in [4.78, 5) is 96.9. The Kier molecular flexibility index (Phi) is 29.7. The molecule has 2 amide bonds. The summed E-state index contributed by atoms with van der Waals surface area (Å²) < 4.78 is 28.9. The molecular formula is C57H72Cl7N3O15. The molecule has 2 aliphatic heterocycles. The predicted molar refractivity (Wildman–Crippen MR) is 314 cm³/mol. The Morgan fingerprint density at radius 1 is 0.573 bits per heavy atom. The zero-order chi connectivity index (χ0) is 60.0. The molecule has 25 heteroatoms. The van der Waals surface area contributed by atoms with E-state index in [2.05, 4.69) is 21.7 Å². The number of nitrogens with one attached hydrogen (secondary N) is 1. The summed E-state index contributed by atoms with van der Waals surface area (Å²) in [5.74, 6) is -1.03. The molecule has 3 atom stereocenters. The van der Waals surface area contributed by atoms with Gasteiger partial charge in [0, 0.05) is 82.0 Å². The topological polar surface area (TPSA) is 231 Å². The number of halogens is 7. The lowest BCUT2D eigenvalue weighted by Gasteiger charge is -2.43. The van der Waals surface area contributed by atoms with Gasteiger partial charge in [0.2, 0.25) is 6.79 Å². The van der Waals surface area contributed by atoms with Gasteiger partial charge in [-0.3, -0.25) is 33.8 Å². The van der Waals surface area contributed by atoms with Crippen molar-refractivity contribution >= 4 is 129 Å². The highest BCUT2D eigenvalue weighted by molar-refractivity contribution is 6.61. The third-order valence-electron chi connectivity index (χ3n) is 14.8. The summed E-state index contributed by atoms with van der Waals surface area (Å²) in [6, 6.07) is 21.3. The second-order valence-electron chi connectivity index (χ2n) is 20.7. The van der Waals surface area contributed by atoms with Crippen molar-refractivity contribution in [1.29, 1.82) is 0 Å². The van der Waals surface area contributed by atoms with Crippen LogP contribution in [-0.2, 0) is 69.0 Å². The molecule has 0 spiro atoms. The minimum absolute atomic E-state index is 0. The number of Topliss-reactive ketones (excluding diaryl/α,β-unsaturated/α-hetero) is 3. The van der Waals surface area contributed by atoms with Crippen LogP contribution in [0, 0.1) is 10.8 Å². The minimum Gasteiger partial charge on any atom is -0.481 e. The van der Waals surface area contributed by atoms with Gasteiger partial charge in [0.05, 0.1) is 39.3 Å². The fourth-order valence-corrected chi connectivity index (χ4v) is 11.6. The summed E-state index contributed by atoms with van der Waals surface area (Å²) in [6.07, 6.45) is 7.59. The number of carboxylic acid groups (broad SMARTS) is 1. The Hall–Kier alpha value is -4.47. The van der Waals surface area contributed by atoms with Crippen LogP contribution in [0.3, 0.4) is 0 Å². The van der Waals surface area contributed by atoms with Crippen molar-refractivity contribution in [3.05, 3.63) is 105 Å². The third-order valence-corrected chi connectivity index (χ3v) is 16.1. The van der Waals surface area contributed by atoms with E-state index in [1.807, 2.05) is 51.2 Å². The molecular weight excluding hydrogens is 1210 g/mol. The maximum atomic E-state index is 13.0. The first-order valence-electron chi connectivity index (χ1n) is 26.2. The number of carbonyl (C=O) groups is 8. The number of benzene rings is 3. The molecule has 3 aromatic carbocycles. The largest absolute Gasteiger partial charge is 0.481 e. The summed E-state index contributed by atoms with van der Waals surface area (Å²) >= 11 is 33.8. The van der Waals surface area contributed by atoms with Gasteiger partial charge < -0.3 is 38.8 Å². The van der Waals surface area contributed by atoms with Crippen LogP contribution in [0.4, 0.5) is 14.4 Å². The van der Waals surface area contributed by atoms with Crippen LogP contribution in [0.1, 0.15) is 120 Å². The van der Waals surface area contributed by atoms with Gasteiger partial charge in [-0.2, -0.15) is 0 Å². The number of nitrogens with zero attached hydrogens (tertiary/aromatic N) is 2. The van der Waals surface area contributed by atoms with Crippen molar-refractivity contribution in [3.8, 4) is 0 Å². The fourth-order valence-electron chi connectivity index (χ4n) is 10.4. The number of likely N-dealkylation sites (N-methyl/N-ethyl adjacent to an activating group) is 3. The van der Waals surface area contributed by atoms with Crippen LogP contribution in [0.15, 0.2) is 72.8 Å². The van der Waals surface area contributed by atoms with Crippen molar-refractivity contribution in [2.75, 3.05) is 66.5 Å². The molecule has 8 rings (SSSR count). The summed E-state index contributed by atoms with van der Waals surface area (Å²) in [5.41, 5.74) is -1.84. The van der Waals surface area contributed by atoms with Gasteiger partial charge >= 0.3 is 29.6 Å². The first-order valence-corrected chi connectivity index (χ1v) is 28.8. The Morgan fingerprint density at radius 2 is 0.963 bits per heavy atom. The SMILES string of the molecule is CC1(CC(=O)O)COC1.CN(C(=O)OCCl)[C@]1(c2ccccc2Cl)CCCCC1=O.CN(C(=O)OCOC(=O)CC1(C)COC1)[C@]1(c2ccccc2Cl)CCCCC1=O.CN[C@]1(c2ccccc2Cl)CCCCC1=O.Cl.O=C(Cl)OCCl. The average Bonchev–Trinajstić information content (AvgIpc) is 3.28. The lowest BCUT2D eigenvalue weighted by Crippen LogP contribution is -2.54. The zero-order valence-electron chi connectivity index (χ0n) is 46.5. The Balaban J connectivity index is 0.000000292. The highest BCUT2D eigenvalue weighted by Crippen LogP contribution is 2.44. The van der Waals surface area contributed by atoms with Gasteiger partial charge in [0.1, 0.15) is 16.6 Å². The highest BCUT2D eigenvalue weighted by Gasteiger charge is 2.50. The number of hydrogen-bond acceptors (Lipinski definition) is 15. The zero-order valence-corrected chi connectivity index (χ0v) is 51.9. The van der Waals surface area contributed by atoms with E-state index in [0.29, 0.717) is 84.7 Å². The summed E-state index contributed by atoms with van der Waals surface area (Å²) in [7, 11) is 4.91. The number of rotatable bonds is 14. The van der Waals surface area contributed by atoms with Crippen molar-refractivity contribution in [2.24, 2.45) is 10.8 Å². The van der Waals surface area contributed by atoms with E-state index in [-0.39, 0.29) is 65.6 Å². The van der Waals surface area contributed by atoms with E-state index in [1.54, 1.807) is 49.5 Å². The molecule has 0 bridgehead atoms. The van der Waals surface area contributed by atoms with E-state index in [4.69, 9.17) is 86.8 Å². The van der Waals surface area contributed by atoms with Crippen LogP contribution < -0.4 is 5.32 Å². The molecule has 0 aromatic heterocycles. The van der Waals surface area contributed by atoms with Crippen molar-refractivity contribution in [1.82, 2.24) is 15.1 Å². The van der Waals surface area contributed by atoms with Crippen LogP contribution in [0.25, 0.3) is 0 Å². The lowest BCUT2D eigenvalue weighted by atomic mass is 9.74. The molecule has 3 aliphatic carbocycles. The van der Waals surface area contributed by atoms with Crippen LogP contribution in [-0.4, -0.2) is 128 Å². The monoisotopic (exact) mass is 1280 g/mol. The lowest BCUT2D eigenvalue weighted by molar-refractivity contribution is -0.167. The molecule has 2 heterocycles. The number of ketones is 3. The first-order chi connectivity index (χ1) is 38.4. The van der Waals surface area contributed by atoms with Gasteiger partial charge in [0.25, 0.3) is 0 Å². The molecule has 454 valence electrons. The average molecular weight is 1290 g/mol. The highest BCUT2D eigenvalue weighted by atomic mass is 35.5. The Morgan fingerprint density at radius 3 is 1.29 bits per heavy atom. The molecule has 0 radical (unpaired) electrons. The van der Waals surface area contributed by atoms with Gasteiger partial charge in [-0.15, -0.1) is 12.4 Å². The molecule has 82 heavy (non-hydrogen) atoms. The number of carbonyl (C=O) groups excluding carboxylic acids is 7. The third kappa shape index (κ3) is 18.8. The summed E-state index contributed by atoms with van der Waals surface area (Å²) in [5, 5.41) is 13.1. The smallest absolute Gasteiger partial charge is 0.413 e. The molecule has 2 saturated heterocycles. The van der Waals surface area contributed by atoms with E-state index in [0.717, 1.165) is 50.5 Å². The van der Waals surface area contributed by atoms with E-state index >= 15 is 0 Å². The van der Waals surface area contributed by atoms with Gasteiger partial charge in [-0.05, 0) is 82.2 Å². The normalized spacial score (nSPS) is 21.9. The van der Waals surface area contributed by atoms with E-state index in [9.17, 15) is 38.4 Å². The predicted octanol–water partition coefficient (Wildman–Crippen LogP) is 13.0. The van der Waals surface area contributed by atoms with Crippen molar-refractivity contribution in [2.45, 2.75) is 120 Å². The van der Waals surface area contributed by atoms with Crippen LogP contribution >= 0.6 is 82.0 Å². The number of hydrogen-bond donors (Lipinski definition) is 2. The molecule has 18 nitrogen and oxygen atoms in total.